The van der Waals surface area contributed by atoms with Crippen LogP contribution in [0, 0.1) is 17.6 Å². The monoisotopic (exact) mass is 457 g/mol. The van der Waals surface area contributed by atoms with E-state index in [0.29, 0.717) is 19.5 Å². The van der Waals surface area contributed by atoms with Crippen LogP contribution in [0.4, 0.5) is 8.78 Å². The second-order valence-corrected chi connectivity index (χ2v) is 7.99. The van der Waals surface area contributed by atoms with Gasteiger partial charge in [0.25, 0.3) is 0 Å². The zero-order chi connectivity index (χ0) is 21.8. The van der Waals surface area contributed by atoms with Crippen molar-refractivity contribution in [2.24, 2.45) is 5.92 Å². The van der Waals surface area contributed by atoms with Gasteiger partial charge in [-0.2, -0.15) is 0 Å². The van der Waals surface area contributed by atoms with Crippen LogP contribution >= 0.6 is 12.4 Å². The van der Waals surface area contributed by atoms with E-state index in [0.717, 1.165) is 29.0 Å². The van der Waals surface area contributed by atoms with Crippen LogP contribution in [0.5, 0.6) is 5.75 Å². The number of likely N-dealkylation sites (tertiary alicyclic amines) is 1. The molecule has 0 spiro atoms. The summed E-state index contributed by atoms with van der Waals surface area (Å²) in [5.74, 6) is -0.196. The van der Waals surface area contributed by atoms with E-state index in [-0.39, 0.29) is 41.7 Å². The van der Waals surface area contributed by atoms with E-state index in [2.05, 4.69) is 4.90 Å². The Morgan fingerprint density at radius 2 is 1.44 bits per heavy atom. The number of carbonyl (C=O) groups is 1. The molecule has 3 aromatic rings. The molecule has 168 valence electrons. The average molecular weight is 458 g/mol. The van der Waals surface area contributed by atoms with Crippen LogP contribution in [0.25, 0.3) is 0 Å². The topological polar surface area (TPSA) is 29.5 Å². The zero-order valence-corrected chi connectivity index (χ0v) is 18.7. The van der Waals surface area contributed by atoms with E-state index in [4.69, 9.17) is 4.74 Å². The van der Waals surface area contributed by atoms with Gasteiger partial charge in [-0.25, -0.2) is 8.78 Å². The number of hydrogen-bond acceptors (Lipinski definition) is 3. The summed E-state index contributed by atoms with van der Waals surface area (Å²) in [4.78, 5) is 15.3. The third-order valence-electron chi connectivity index (χ3n) is 5.97. The predicted molar refractivity (Wildman–Crippen MR) is 123 cm³/mol. The minimum atomic E-state index is -0.322. The Morgan fingerprint density at radius 1 is 0.906 bits per heavy atom. The minimum Gasteiger partial charge on any atom is -0.497 e. The number of methoxy groups -OCH3 is 1. The highest BCUT2D eigenvalue weighted by atomic mass is 35.5. The second-order valence-electron chi connectivity index (χ2n) is 7.99. The van der Waals surface area contributed by atoms with Crippen LogP contribution in [-0.2, 0) is 11.3 Å². The van der Waals surface area contributed by atoms with Crippen molar-refractivity contribution >= 4 is 18.2 Å². The Balaban J connectivity index is 0.00000289. The molecule has 1 unspecified atom stereocenters. The standard InChI is InChI=1S/C26H25F2NO2.ClH/c1-31-23-12-2-18(3-13-23)16-29-15-14-25(30)24(17-29)26(19-4-8-21(27)9-5-19)20-6-10-22(28)11-7-20;/h2-13,24,26H,14-17H2,1H3;1H. The molecule has 0 saturated carbocycles. The van der Waals surface area contributed by atoms with Crippen molar-refractivity contribution in [2.45, 2.75) is 18.9 Å². The maximum atomic E-state index is 13.5. The van der Waals surface area contributed by atoms with Gasteiger partial charge in [-0.15, -0.1) is 12.4 Å². The average Bonchev–Trinajstić information content (AvgIpc) is 2.79. The molecule has 32 heavy (non-hydrogen) atoms. The van der Waals surface area contributed by atoms with E-state index >= 15 is 0 Å². The highest BCUT2D eigenvalue weighted by molar-refractivity contribution is 5.85. The third kappa shape index (κ3) is 5.53. The predicted octanol–water partition coefficient (Wildman–Crippen LogP) is 5.62. The summed E-state index contributed by atoms with van der Waals surface area (Å²) in [6.45, 7) is 2.01. The minimum absolute atomic E-state index is 0. The van der Waals surface area contributed by atoms with Crippen LogP contribution in [-0.4, -0.2) is 30.9 Å². The molecule has 1 atom stereocenters. The van der Waals surface area contributed by atoms with Crippen molar-refractivity contribution in [2.75, 3.05) is 20.2 Å². The van der Waals surface area contributed by atoms with Gasteiger partial charge in [0, 0.05) is 37.9 Å². The maximum absolute atomic E-state index is 13.5. The molecule has 1 aliphatic heterocycles. The zero-order valence-electron chi connectivity index (χ0n) is 17.8. The Bertz CT molecular complexity index is 978. The molecule has 6 heteroatoms. The van der Waals surface area contributed by atoms with Crippen molar-refractivity contribution in [1.29, 1.82) is 0 Å². The number of nitrogens with zero attached hydrogens (tertiary/aromatic N) is 1. The van der Waals surface area contributed by atoms with Crippen molar-refractivity contribution < 1.29 is 18.3 Å². The number of benzene rings is 3. The lowest BCUT2D eigenvalue weighted by Gasteiger charge is -2.36. The fourth-order valence-electron chi connectivity index (χ4n) is 4.35. The molecular weight excluding hydrogens is 432 g/mol. The van der Waals surface area contributed by atoms with Crippen molar-refractivity contribution in [3.8, 4) is 5.75 Å². The number of carbonyl (C=O) groups excluding carboxylic acids is 1. The number of halogens is 3. The third-order valence-corrected chi connectivity index (χ3v) is 5.97. The number of piperidine rings is 1. The van der Waals surface area contributed by atoms with Crippen LogP contribution < -0.4 is 4.74 Å². The molecule has 0 aliphatic carbocycles. The molecule has 1 heterocycles. The van der Waals surface area contributed by atoms with Gasteiger partial charge in [-0.05, 0) is 53.1 Å². The normalized spacial score (nSPS) is 16.6. The Labute approximate surface area is 193 Å². The Morgan fingerprint density at radius 3 is 1.94 bits per heavy atom. The summed E-state index contributed by atoms with van der Waals surface area (Å²) in [6, 6.07) is 20.5. The van der Waals surface area contributed by atoms with Crippen molar-refractivity contribution in [3.05, 3.63) is 101 Å². The SMILES string of the molecule is COc1ccc(CN2CCC(=O)C(C(c3ccc(F)cc3)c3ccc(F)cc3)C2)cc1.Cl. The first-order chi connectivity index (χ1) is 15.0. The first-order valence-corrected chi connectivity index (χ1v) is 10.4. The van der Waals surface area contributed by atoms with Crippen molar-refractivity contribution in [3.63, 3.8) is 0 Å². The Kier molecular flexibility index (Phi) is 7.99. The number of ketones is 1. The van der Waals surface area contributed by atoms with Crippen LogP contribution in [0.1, 0.15) is 29.0 Å². The van der Waals surface area contributed by atoms with Gasteiger partial charge in [0.15, 0.2) is 0 Å². The molecule has 1 saturated heterocycles. The van der Waals surface area contributed by atoms with Crippen LogP contribution in [0.3, 0.4) is 0 Å². The molecule has 1 fully saturated rings. The first kappa shape index (κ1) is 23.9. The smallest absolute Gasteiger partial charge is 0.139 e. The molecule has 0 N–H and O–H groups in total. The van der Waals surface area contributed by atoms with Crippen molar-refractivity contribution in [1.82, 2.24) is 4.90 Å². The largest absolute Gasteiger partial charge is 0.497 e. The molecule has 4 rings (SSSR count). The molecule has 0 aromatic heterocycles. The number of rotatable bonds is 6. The Hall–Kier alpha value is -2.76. The van der Waals surface area contributed by atoms with Gasteiger partial charge in [0.05, 0.1) is 7.11 Å². The number of ether oxygens (including phenoxy) is 1. The van der Waals surface area contributed by atoms with Gasteiger partial charge < -0.3 is 4.74 Å². The molecule has 0 amide bonds. The summed E-state index contributed by atoms with van der Waals surface area (Å²) in [5.41, 5.74) is 2.87. The van der Waals surface area contributed by atoms with Gasteiger partial charge >= 0.3 is 0 Å². The quantitative estimate of drug-likeness (QED) is 0.481. The molecule has 3 aromatic carbocycles. The molecule has 0 radical (unpaired) electrons. The van der Waals surface area contributed by atoms with E-state index in [1.54, 1.807) is 31.4 Å². The van der Waals surface area contributed by atoms with E-state index in [1.807, 2.05) is 24.3 Å². The van der Waals surface area contributed by atoms with E-state index < -0.39 is 0 Å². The van der Waals surface area contributed by atoms with E-state index in [9.17, 15) is 13.6 Å². The van der Waals surface area contributed by atoms with Gasteiger partial charge in [-0.3, -0.25) is 9.69 Å². The summed E-state index contributed by atoms with van der Waals surface area (Å²) in [6.07, 6.45) is 0.458. The summed E-state index contributed by atoms with van der Waals surface area (Å²) >= 11 is 0. The molecular formula is C26H26ClF2NO2. The summed E-state index contributed by atoms with van der Waals surface area (Å²) in [7, 11) is 1.64. The fourth-order valence-corrected chi connectivity index (χ4v) is 4.35. The highest BCUT2D eigenvalue weighted by Gasteiger charge is 2.35. The lowest BCUT2D eigenvalue weighted by Crippen LogP contribution is -2.43. The number of Topliss-reactive ketones (excluding diaryl/α,β-unsaturated/α-hetero) is 1. The van der Waals surface area contributed by atoms with Gasteiger partial charge in [-0.1, -0.05) is 36.4 Å². The molecule has 1 aliphatic rings. The number of hydrogen-bond donors (Lipinski definition) is 0. The van der Waals surface area contributed by atoms with E-state index in [1.165, 1.54) is 24.3 Å². The lowest BCUT2D eigenvalue weighted by atomic mass is 9.76. The summed E-state index contributed by atoms with van der Waals surface area (Å²) in [5, 5.41) is 0. The second kappa shape index (κ2) is 10.7. The highest BCUT2D eigenvalue weighted by Crippen LogP contribution is 2.36. The van der Waals surface area contributed by atoms with Gasteiger partial charge in [0.2, 0.25) is 0 Å². The molecule has 0 bridgehead atoms. The van der Waals surface area contributed by atoms with Crippen LogP contribution in [0.15, 0.2) is 72.8 Å². The lowest BCUT2D eigenvalue weighted by molar-refractivity contribution is -0.126. The van der Waals surface area contributed by atoms with Crippen LogP contribution in [0.2, 0.25) is 0 Å². The van der Waals surface area contributed by atoms with Gasteiger partial charge in [0.1, 0.15) is 23.2 Å². The fraction of sp³-hybridized carbons (Fsp3) is 0.269. The summed E-state index contributed by atoms with van der Waals surface area (Å²) < 4.78 is 32.3. The molecule has 3 nitrogen and oxygen atoms in total. The maximum Gasteiger partial charge on any atom is 0.139 e. The first-order valence-electron chi connectivity index (χ1n) is 10.4.